The second-order valence-corrected chi connectivity index (χ2v) is 2.81. The molecular weight excluding hydrogens is 118 g/mol. The molecule has 0 amide bonds. The molecule has 1 nitrogen and oxygen atoms in total. The summed E-state index contributed by atoms with van der Waals surface area (Å²) in [5, 5.41) is 0. The highest BCUT2D eigenvalue weighted by atomic mass is 29.1. The summed E-state index contributed by atoms with van der Waals surface area (Å²) < 4.78 is 2.32. The minimum Gasteiger partial charge on any atom is -0.329 e. The summed E-state index contributed by atoms with van der Waals surface area (Å²) in [7, 11) is 4.22. The van der Waals surface area contributed by atoms with Crippen molar-refractivity contribution in [2.75, 3.05) is 13.1 Å². The average Bonchev–Trinajstić information content (AvgIpc) is 1.72. The second-order valence-electron chi connectivity index (χ2n) is 1.28. The largest absolute Gasteiger partial charge is 0.329 e. The second kappa shape index (κ2) is 4.55. The lowest BCUT2D eigenvalue weighted by Crippen LogP contribution is -2.27. The van der Waals surface area contributed by atoms with E-state index in [0.29, 0.717) is 0 Å². The summed E-state index contributed by atoms with van der Waals surface area (Å²) in [6.45, 7) is 6.63. The Bertz CT molecular complexity index is 31.2. The van der Waals surface area contributed by atoms with Gasteiger partial charge in [0.1, 0.15) is 9.20 Å². The van der Waals surface area contributed by atoms with Crippen LogP contribution in [-0.2, 0) is 0 Å². The maximum absolute atomic E-state index is 3.43. The van der Waals surface area contributed by atoms with Crippen molar-refractivity contribution in [3.63, 3.8) is 0 Å². The van der Waals surface area contributed by atoms with E-state index in [1.54, 1.807) is 0 Å². The highest BCUT2D eigenvalue weighted by Gasteiger charge is 1.90. The molecule has 0 aromatic rings. The van der Waals surface area contributed by atoms with E-state index in [4.69, 9.17) is 0 Å². The quantitative estimate of drug-likeness (QED) is 0.485. The molecular formula is C4H10NSi2. The van der Waals surface area contributed by atoms with E-state index in [2.05, 4.69) is 28.2 Å². The van der Waals surface area contributed by atoms with Crippen molar-refractivity contribution in [3.05, 3.63) is 0 Å². The van der Waals surface area contributed by atoms with Crippen LogP contribution in [0.1, 0.15) is 13.8 Å². The molecule has 0 spiro atoms. The lowest BCUT2D eigenvalue weighted by Gasteiger charge is -2.12. The summed E-state index contributed by atoms with van der Waals surface area (Å²) >= 11 is 0. The topological polar surface area (TPSA) is 3.24 Å². The minimum atomic E-state index is 0.788. The third-order valence-corrected chi connectivity index (χ3v) is 2.82. The van der Waals surface area contributed by atoms with Crippen molar-refractivity contribution in [1.29, 1.82) is 0 Å². The van der Waals surface area contributed by atoms with Gasteiger partial charge < -0.3 is 4.57 Å². The van der Waals surface area contributed by atoms with Crippen LogP contribution in [0.5, 0.6) is 0 Å². The lowest BCUT2D eigenvalue weighted by atomic mass is 10.7. The standard InChI is InChI=1S/C4H10NSi2/c1-3-5(4-2)7-6/h3-4H2,1-2H3. The van der Waals surface area contributed by atoms with Gasteiger partial charge in [0.05, 0.1) is 0 Å². The minimum absolute atomic E-state index is 0.788. The molecule has 5 radical (unpaired) electrons. The molecule has 0 N–H and O–H groups in total. The van der Waals surface area contributed by atoms with Crippen LogP contribution in [0.3, 0.4) is 0 Å². The van der Waals surface area contributed by atoms with E-state index < -0.39 is 0 Å². The Hall–Kier alpha value is 0.394. The van der Waals surface area contributed by atoms with E-state index >= 15 is 0 Å². The van der Waals surface area contributed by atoms with Crippen LogP contribution in [0, 0.1) is 0 Å². The first-order valence-corrected chi connectivity index (χ1v) is 4.97. The van der Waals surface area contributed by atoms with Gasteiger partial charge in [0.25, 0.3) is 0 Å². The highest BCUT2D eigenvalue weighted by Crippen LogP contribution is 1.77. The highest BCUT2D eigenvalue weighted by molar-refractivity contribution is 6.87. The molecule has 0 saturated heterocycles. The maximum atomic E-state index is 3.43. The van der Waals surface area contributed by atoms with Crippen molar-refractivity contribution in [2.24, 2.45) is 0 Å². The molecule has 0 aliphatic heterocycles. The molecule has 0 rings (SSSR count). The molecule has 0 fully saturated rings. The van der Waals surface area contributed by atoms with E-state index in [1.807, 2.05) is 0 Å². The van der Waals surface area contributed by atoms with Crippen molar-refractivity contribution >= 4 is 19.0 Å². The Kier molecular flexibility index (Phi) is 4.81. The zero-order chi connectivity index (χ0) is 5.70. The number of hydrogen-bond acceptors (Lipinski definition) is 1. The first kappa shape index (κ1) is 7.39. The van der Waals surface area contributed by atoms with Crippen LogP contribution in [0.15, 0.2) is 0 Å². The van der Waals surface area contributed by atoms with Crippen LogP contribution in [0.4, 0.5) is 0 Å². The normalized spacial score (nSPS) is 10.3. The summed E-state index contributed by atoms with van der Waals surface area (Å²) in [6.07, 6.45) is 0. The molecule has 39 valence electrons. The van der Waals surface area contributed by atoms with E-state index in [0.717, 1.165) is 22.3 Å². The molecule has 0 atom stereocenters. The van der Waals surface area contributed by atoms with Crippen LogP contribution in [0.2, 0.25) is 0 Å². The van der Waals surface area contributed by atoms with Crippen LogP contribution < -0.4 is 0 Å². The third-order valence-electron chi connectivity index (χ3n) is 0.922. The Morgan fingerprint density at radius 3 is 1.86 bits per heavy atom. The molecule has 0 unspecified atom stereocenters. The Labute approximate surface area is 51.2 Å². The first-order chi connectivity index (χ1) is 3.35. The maximum Gasteiger partial charge on any atom is 0.116 e. The van der Waals surface area contributed by atoms with Gasteiger partial charge in [0, 0.05) is 9.76 Å². The monoisotopic (exact) mass is 128 g/mol. The fraction of sp³-hybridized carbons (Fsp3) is 1.00. The number of hydrogen-bond donors (Lipinski definition) is 0. The molecule has 0 aromatic heterocycles. The summed E-state index contributed by atoms with van der Waals surface area (Å²) in [5.41, 5.74) is 0. The zero-order valence-electron chi connectivity index (χ0n) is 4.86. The SMILES string of the molecule is CCN(CC)[Si][Si]. The van der Waals surface area contributed by atoms with Gasteiger partial charge in [0.2, 0.25) is 0 Å². The van der Waals surface area contributed by atoms with Gasteiger partial charge in [-0.1, -0.05) is 13.8 Å². The lowest BCUT2D eigenvalue weighted by molar-refractivity contribution is 0.501. The fourth-order valence-electron chi connectivity index (χ4n) is 0.382. The molecule has 0 aliphatic carbocycles. The van der Waals surface area contributed by atoms with Crippen molar-refractivity contribution in [3.8, 4) is 0 Å². The molecule has 0 saturated carbocycles. The van der Waals surface area contributed by atoms with Gasteiger partial charge in [0.15, 0.2) is 0 Å². The molecule has 0 aliphatic rings. The van der Waals surface area contributed by atoms with Gasteiger partial charge in [-0.2, -0.15) is 0 Å². The van der Waals surface area contributed by atoms with Crippen molar-refractivity contribution in [1.82, 2.24) is 4.57 Å². The summed E-state index contributed by atoms with van der Waals surface area (Å²) in [5.74, 6) is 0. The average molecular weight is 128 g/mol. The summed E-state index contributed by atoms with van der Waals surface area (Å²) in [4.78, 5) is 0. The summed E-state index contributed by atoms with van der Waals surface area (Å²) in [6, 6.07) is 0. The van der Waals surface area contributed by atoms with E-state index in [-0.39, 0.29) is 0 Å². The first-order valence-electron chi connectivity index (χ1n) is 2.52. The van der Waals surface area contributed by atoms with Crippen LogP contribution >= 0.6 is 0 Å². The predicted octanol–water partition coefficient (Wildman–Crippen LogP) is 0.0309. The molecule has 0 aromatic carbocycles. The molecule has 7 heavy (non-hydrogen) atoms. The van der Waals surface area contributed by atoms with Crippen molar-refractivity contribution in [2.45, 2.75) is 13.8 Å². The van der Waals surface area contributed by atoms with Gasteiger partial charge >= 0.3 is 0 Å². The number of nitrogens with zero attached hydrogens (tertiary/aromatic N) is 1. The molecule has 0 bridgehead atoms. The Balaban J connectivity index is 2.99. The van der Waals surface area contributed by atoms with Gasteiger partial charge in [-0.3, -0.25) is 0 Å². The van der Waals surface area contributed by atoms with Gasteiger partial charge in [-0.25, -0.2) is 0 Å². The van der Waals surface area contributed by atoms with Gasteiger partial charge in [-0.15, -0.1) is 0 Å². The predicted molar refractivity (Wildman–Crippen MR) is 34.4 cm³/mol. The smallest absolute Gasteiger partial charge is 0.116 e. The molecule has 0 heterocycles. The van der Waals surface area contributed by atoms with E-state index in [1.165, 1.54) is 0 Å². The van der Waals surface area contributed by atoms with E-state index in [9.17, 15) is 0 Å². The van der Waals surface area contributed by atoms with Crippen LogP contribution in [-0.4, -0.2) is 36.6 Å². The fourth-order valence-corrected chi connectivity index (χ4v) is 1.65. The van der Waals surface area contributed by atoms with Crippen molar-refractivity contribution < 1.29 is 0 Å². The zero-order valence-corrected chi connectivity index (χ0v) is 6.86. The number of rotatable bonds is 3. The van der Waals surface area contributed by atoms with Gasteiger partial charge in [-0.05, 0) is 13.1 Å². The molecule has 3 heteroatoms. The van der Waals surface area contributed by atoms with Crippen LogP contribution in [0.25, 0.3) is 0 Å². The Morgan fingerprint density at radius 1 is 1.43 bits per heavy atom. The Morgan fingerprint density at radius 2 is 1.86 bits per heavy atom. The third kappa shape index (κ3) is 3.02.